The van der Waals surface area contributed by atoms with Gasteiger partial charge in [-0.15, -0.1) is 0 Å². The fraction of sp³-hybridized carbons (Fsp3) is 0.692. The number of amides is 1. The van der Waals surface area contributed by atoms with Gasteiger partial charge in [0.15, 0.2) is 5.89 Å². The standard InChI is InChI=1S/C13H21N3O2/c1-4-5-10-6-16(7-11(10)14)13(17)12-8(2)15-9(3)18-12/h10-11H,4-7,14H2,1-3H3. The maximum atomic E-state index is 12.3. The van der Waals surface area contributed by atoms with Gasteiger partial charge < -0.3 is 15.1 Å². The van der Waals surface area contributed by atoms with E-state index in [1.54, 1.807) is 18.7 Å². The zero-order chi connectivity index (χ0) is 13.3. The molecule has 100 valence electrons. The number of nitrogens with two attached hydrogens (primary N) is 1. The minimum Gasteiger partial charge on any atom is -0.436 e. The second kappa shape index (κ2) is 5.10. The molecule has 18 heavy (non-hydrogen) atoms. The summed E-state index contributed by atoms with van der Waals surface area (Å²) in [7, 11) is 0. The highest BCUT2D eigenvalue weighted by Gasteiger charge is 2.34. The molecule has 0 saturated carbocycles. The van der Waals surface area contributed by atoms with Crippen LogP contribution < -0.4 is 5.73 Å². The van der Waals surface area contributed by atoms with Crippen molar-refractivity contribution < 1.29 is 9.21 Å². The lowest BCUT2D eigenvalue weighted by molar-refractivity contribution is 0.0751. The van der Waals surface area contributed by atoms with E-state index < -0.39 is 0 Å². The number of carbonyl (C=O) groups excluding carboxylic acids is 1. The zero-order valence-corrected chi connectivity index (χ0v) is 11.3. The first kappa shape index (κ1) is 13.1. The number of hydrogen-bond donors (Lipinski definition) is 1. The van der Waals surface area contributed by atoms with Gasteiger partial charge in [0, 0.05) is 26.1 Å². The second-order valence-corrected chi connectivity index (χ2v) is 5.07. The van der Waals surface area contributed by atoms with Crippen molar-refractivity contribution in [2.45, 2.75) is 39.7 Å². The minimum absolute atomic E-state index is 0.0813. The van der Waals surface area contributed by atoms with E-state index in [-0.39, 0.29) is 11.9 Å². The van der Waals surface area contributed by atoms with Crippen LogP contribution in [-0.4, -0.2) is 34.9 Å². The highest BCUT2D eigenvalue weighted by molar-refractivity contribution is 5.92. The van der Waals surface area contributed by atoms with Crippen LogP contribution in [0, 0.1) is 19.8 Å². The summed E-state index contributed by atoms with van der Waals surface area (Å²) >= 11 is 0. The van der Waals surface area contributed by atoms with Gasteiger partial charge in [-0.3, -0.25) is 4.79 Å². The summed E-state index contributed by atoms with van der Waals surface area (Å²) in [6, 6.07) is 0.0817. The first-order valence-electron chi connectivity index (χ1n) is 6.51. The smallest absolute Gasteiger partial charge is 0.291 e. The van der Waals surface area contributed by atoms with Gasteiger partial charge in [-0.2, -0.15) is 0 Å². The van der Waals surface area contributed by atoms with Crippen LogP contribution in [0.25, 0.3) is 0 Å². The number of nitrogens with zero attached hydrogens (tertiary/aromatic N) is 2. The van der Waals surface area contributed by atoms with Crippen molar-refractivity contribution in [1.82, 2.24) is 9.88 Å². The molecule has 0 bridgehead atoms. The van der Waals surface area contributed by atoms with Crippen molar-refractivity contribution in [1.29, 1.82) is 0 Å². The number of carbonyl (C=O) groups is 1. The summed E-state index contributed by atoms with van der Waals surface area (Å²) in [4.78, 5) is 18.2. The largest absolute Gasteiger partial charge is 0.436 e. The highest BCUT2D eigenvalue weighted by atomic mass is 16.4. The Bertz CT molecular complexity index is 441. The first-order chi connectivity index (χ1) is 8.52. The van der Waals surface area contributed by atoms with Gasteiger partial charge in [0.05, 0.1) is 5.69 Å². The Balaban J connectivity index is 2.09. The molecule has 1 fully saturated rings. The van der Waals surface area contributed by atoms with Gasteiger partial charge in [-0.1, -0.05) is 13.3 Å². The Hall–Kier alpha value is -1.36. The van der Waals surface area contributed by atoms with E-state index in [0.29, 0.717) is 29.8 Å². The van der Waals surface area contributed by atoms with Crippen molar-refractivity contribution in [2.75, 3.05) is 13.1 Å². The number of hydrogen-bond acceptors (Lipinski definition) is 4. The Morgan fingerprint density at radius 3 is 2.78 bits per heavy atom. The molecule has 2 rings (SSSR count). The molecule has 2 heterocycles. The molecule has 1 aromatic rings. The topological polar surface area (TPSA) is 72.4 Å². The van der Waals surface area contributed by atoms with Crippen LogP contribution in [0.4, 0.5) is 0 Å². The molecule has 1 aromatic heterocycles. The molecule has 0 radical (unpaired) electrons. The number of aryl methyl sites for hydroxylation is 2. The van der Waals surface area contributed by atoms with E-state index in [1.807, 2.05) is 0 Å². The molecule has 0 spiro atoms. The van der Waals surface area contributed by atoms with Crippen LogP contribution in [0.5, 0.6) is 0 Å². The molecule has 1 amide bonds. The van der Waals surface area contributed by atoms with Crippen LogP contribution in [-0.2, 0) is 0 Å². The third-order valence-corrected chi connectivity index (χ3v) is 3.54. The molecule has 1 aliphatic rings. The predicted octanol–water partition coefficient (Wildman–Crippen LogP) is 1.49. The lowest BCUT2D eigenvalue weighted by Gasteiger charge is -2.14. The van der Waals surface area contributed by atoms with Gasteiger partial charge in [0.1, 0.15) is 0 Å². The maximum Gasteiger partial charge on any atom is 0.291 e. The van der Waals surface area contributed by atoms with E-state index in [4.69, 9.17) is 10.2 Å². The van der Waals surface area contributed by atoms with Crippen molar-refractivity contribution in [3.63, 3.8) is 0 Å². The molecule has 5 heteroatoms. The minimum atomic E-state index is -0.0813. The molecular weight excluding hydrogens is 230 g/mol. The SMILES string of the molecule is CCCC1CN(C(=O)c2oc(C)nc2C)CC1N. The summed E-state index contributed by atoms with van der Waals surface area (Å²) in [5, 5.41) is 0. The average molecular weight is 251 g/mol. The lowest BCUT2D eigenvalue weighted by atomic mass is 9.99. The van der Waals surface area contributed by atoms with Crippen molar-refractivity contribution >= 4 is 5.91 Å². The van der Waals surface area contributed by atoms with Crippen LogP contribution in [0.1, 0.15) is 41.9 Å². The fourth-order valence-corrected chi connectivity index (χ4v) is 2.61. The Morgan fingerprint density at radius 1 is 1.50 bits per heavy atom. The Kier molecular flexibility index (Phi) is 3.71. The number of oxazole rings is 1. The molecular formula is C13H21N3O2. The summed E-state index contributed by atoms with van der Waals surface area (Å²) in [6.45, 7) is 7.03. The molecule has 5 nitrogen and oxygen atoms in total. The van der Waals surface area contributed by atoms with E-state index in [1.165, 1.54) is 0 Å². The molecule has 2 N–H and O–H groups in total. The third kappa shape index (κ3) is 2.41. The fourth-order valence-electron chi connectivity index (χ4n) is 2.61. The van der Waals surface area contributed by atoms with Crippen molar-refractivity contribution in [3.8, 4) is 0 Å². The zero-order valence-electron chi connectivity index (χ0n) is 11.3. The normalized spacial score (nSPS) is 23.7. The molecule has 0 aromatic carbocycles. The van der Waals surface area contributed by atoms with Gasteiger partial charge in [-0.25, -0.2) is 4.98 Å². The first-order valence-corrected chi connectivity index (χ1v) is 6.51. The van der Waals surface area contributed by atoms with Crippen molar-refractivity contribution in [2.24, 2.45) is 11.7 Å². The summed E-state index contributed by atoms with van der Waals surface area (Å²) in [5.74, 6) is 1.21. The van der Waals surface area contributed by atoms with Crippen molar-refractivity contribution in [3.05, 3.63) is 17.3 Å². The van der Waals surface area contributed by atoms with Crippen LogP contribution >= 0.6 is 0 Å². The van der Waals surface area contributed by atoms with Crippen LogP contribution in [0.3, 0.4) is 0 Å². The average Bonchev–Trinajstić information content (AvgIpc) is 2.83. The number of aromatic nitrogens is 1. The summed E-state index contributed by atoms with van der Waals surface area (Å²) < 4.78 is 5.38. The third-order valence-electron chi connectivity index (χ3n) is 3.54. The summed E-state index contributed by atoms with van der Waals surface area (Å²) in [6.07, 6.45) is 2.17. The monoisotopic (exact) mass is 251 g/mol. The van der Waals surface area contributed by atoms with E-state index in [9.17, 15) is 4.79 Å². The molecule has 1 saturated heterocycles. The quantitative estimate of drug-likeness (QED) is 0.883. The summed E-state index contributed by atoms with van der Waals surface area (Å²) in [5.41, 5.74) is 6.73. The van der Waals surface area contributed by atoms with E-state index >= 15 is 0 Å². The maximum absolute atomic E-state index is 12.3. The highest BCUT2D eigenvalue weighted by Crippen LogP contribution is 2.23. The molecule has 1 aliphatic heterocycles. The van der Waals surface area contributed by atoms with E-state index in [0.717, 1.165) is 19.4 Å². The van der Waals surface area contributed by atoms with Gasteiger partial charge >= 0.3 is 0 Å². The second-order valence-electron chi connectivity index (χ2n) is 5.07. The molecule has 2 unspecified atom stereocenters. The number of likely N-dealkylation sites (tertiary alicyclic amines) is 1. The van der Waals surface area contributed by atoms with Gasteiger partial charge in [0.25, 0.3) is 5.91 Å². The van der Waals surface area contributed by atoms with E-state index in [2.05, 4.69) is 11.9 Å². The Labute approximate surface area is 107 Å². The molecule has 0 aliphatic carbocycles. The predicted molar refractivity (Wildman–Crippen MR) is 68.3 cm³/mol. The van der Waals surface area contributed by atoms with Crippen LogP contribution in [0.15, 0.2) is 4.42 Å². The number of rotatable bonds is 3. The van der Waals surface area contributed by atoms with Crippen LogP contribution in [0.2, 0.25) is 0 Å². The Morgan fingerprint density at radius 2 is 2.22 bits per heavy atom. The van der Waals surface area contributed by atoms with Gasteiger partial charge in [0.2, 0.25) is 5.76 Å². The van der Waals surface area contributed by atoms with Gasteiger partial charge in [-0.05, 0) is 19.3 Å². The molecule has 2 atom stereocenters. The lowest BCUT2D eigenvalue weighted by Crippen LogP contribution is -2.32.